The van der Waals surface area contributed by atoms with Crippen molar-refractivity contribution in [2.45, 2.75) is 4.90 Å². The SMILES string of the molecule is O=S(Cl)c1ccc(F)c(F)c1. The van der Waals surface area contributed by atoms with E-state index in [9.17, 15) is 13.0 Å². The predicted octanol–water partition coefficient (Wildman–Crippen LogP) is 2.23. The molecule has 0 radical (unpaired) electrons. The third kappa shape index (κ3) is 1.97. The highest BCUT2D eigenvalue weighted by molar-refractivity contribution is 8.08. The first-order valence-electron chi connectivity index (χ1n) is 2.64. The van der Waals surface area contributed by atoms with Crippen LogP contribution in [0, 0.1) is 11.6 Å². The van der Waals surface area contributed by atoms with E-state index in [1.807, 2.05) is 0 Å². The molecule has 0 aliphatic rings. The van der Waals surface area contributed by atoms with Crippen LogP contribution in [0.1, 0.15) is 0 Å². The van der Waals surface area contributed by atoms with Gasteiger partial charge >= 0.3 is 0 Å². The largest absolute Gasteiger partial charge is 0.237 e. The topological polar surface area (TPSA) is 17.1 Å². The minimum Gasteiger partial charge on any atom is -0.237 e. The number of benzene rings is 1. The molecular formula is C6H3ClF2OS. The highest BCUT2D eigenvalue weighted by Gasteiger charge is 2.05. The molecule has 0 heterocycles. The molecule has 0 spiro atoms. The van der Waals surface area contributed by atoms with Gasteiger partial charge in [0.1, 0.15) is 10.0 Å². The number of hydrogen-bond donors (Lipinski definition) is 0. The Morgan fingerprint density at radius 2 is 1.91 bits per heavy atom. The van der Waals surface area contributed by atoms with Crippen molar-refractivity contribution in [2.24, 2.45) is 0 Å². The van der Waals surface area contributed by atoms with Gasteiger partial charge in [0.15, 0.2) is 11.6 Å². The summed E-state index contributed by atoms with van der Waals surface area (Å²) in [4.78, 5) is 0.0607. The van der Waals surface area contributed by atoms with Crippen LogP contribution < -0.4 is 0 Å². The lowest BCUT2D eigenvalue weighted by molar-refractivity contribution is 0.505. The molecule has 5 heteroatoms. The van der Waals surface area contributed by atoms with Crippen molar-refractivity contribution in [2.75, 3.05) is 0 Å². The molecule has 1 rings (SSSR count). The zero-order chi connectivity index (χ0) is 8.43. The number of rotatable bonds is 1. The van der Waals surface area contributed by atoms with Gasteiger partial charge < -0.3 is 0 Å². The molecule has 0 saturated carbocycles. The maximum absolute atomic E-state index is 12.4. The number of hydrogen-bond acceptors (Lipinski definition) is 1. The van der Waals surface area contributed by atoms with E-state index in [-0.39, 0.29) is 4.90 Å². The van der Waals surface area contributed by atoms with Gasteiger partial charge in [-0.25, -0.2) is 13.0 Å². The van der Waals surface area contributed by atoms with Crippen molar-refractivity contribution in [3.8, 4) is 0 Å². The summed E-state index contributed by atoms with van der Waals surface area (Å²) in [7, 11) is 3.33. The molecule has 0 saturated heterocycles. The summed E-state index contributed by atoms with van der Waals surface area (Å²) in [5, 5.41) is 0. The molecule has 11 heavy (non-hydrogen) atoms. The van der Waals surface area contributed by atoms with Gasteiger partial charge in [-0.15, -0.1) is 0 Å². The fourth-order valence-electron chi connectivity index (χ4n) is 0.577. The van der Waals surface area contributed by atoms with E-state index in [1.54, 1.807) is 0 Å². The lowest BCUT2D eigenvalue weighted by atomic mass is 10.3. The van der Waals surface area contributed by atoms with Gasteiger partial charge in [0.2, 0.25) is 0 Å². The summed E-state index contributed by atoms with van der Waals surface area (Å²) in [6.45, 7) is 0. The van der Waals surface area contributed by atoms with Crippen LogP contribution in [0.4, 0.5) is 8.78 Å². The Kier molecular flexibility index (Phi) is 2.57. The lowest BCUT2D eigenvalue weighted by Crippen LogP contribution is -1.87. The highest BCUT2D eigenvalue weighted by Crippen LogP contribution is 2.13. The third-order valence-corrected chi connectivity index (χ3v) is 2.24. The lowest BCUT2D eigenvalue weighted by Gasteiger charge is -1.94. The van der Waals surface area contributed by atoms with Crippen LogP contribution in [0.25, 0.3) is 0 Å². The van der Waals surface area contributed by atoms with E-state index in [0.717, 1.165) is 12.1 Å². The molecule has 1 aromatic rings. The second-order valence-corrected chi connectivity index (χ2v) is 3.56. The van der Waals surface area contributed by atoms with Crippen molar-refractivity contribution < 1.29 is 13.0 Å². The van der Waals surface area contributed by atoms with E-state index in [2.05, 4.69) is 0 Å². The van der Waals surface area contributed by atoms with Crippen molar-refractivity contribution in [3.63, 3.8) is 0 Å². The molecule has 0 fully saturated rings. The normalized spacial score (nSPS) is 13.0. The molecule has 1 atom stereocenters. The molecule has 0 aliphatic carbocycles. The zero-order valence-corrected chi connectivity index (χ0v) is 6.75. The van der Waals surface area contributed by atoms with Gasteiger partial charge in [0.25, 0.3) is 0 Å². The second kappa shape index (κ2) is 3.28. The maximum atomic E-state index is 12.4. The second-order valence-electron chi connectivity index (χ2n) is 1.80. The average molecular weight is 197 g/mol. The first-order valence-corrected chi connectivity index (χ1v) is 4.62. The molecule has 1 aromatic carbocycles. The van der Waals surface area contributed by atoms with E-state index in [0.29, 0.717) is 0 Å². The van der Waals surface area contributed by atoms with Crippen molar-refractivity contribution in [3.05, 3.63) is 29.8 Å². The molecule has 60 valence electrons. The van der Waals surface area contributed by atoms with Crippen LogP contribution in [0.3, 0.4) is 0 Å². The third-order valence-electron chi connectivity index (χ3n) is 1.08. The fourth-order valence-corrected chi connectivity index (χ4v) is 1.24. The molecule has 0 aliphatic heterocycles. The summed E-state index contributed by atoms with van der Waals surface area (Å²) < 4.78 is 35.1. The first-order chi connectivity index (χ1) is 5.11. The monoisotopic (exact) mass is 196 g/mol. The van der Waals surface area contributed by atoms with Crippen LogP contribution in [0.15, 0.2) is 23.1 Å². The van der Waals surface area contributed by atoms with Gasteiger partial charge in [0, 0.05) is 0 Å². The summed E-state index contributed by atoms with van der Waals surface area (Å²) in [6.07, 6.45) is 0. The summed E-state index contributed by atoms with van der Waals surface area (Å²) in [5.74, 6) is -2.02. The van der Waals surface area contributed by atoms with Gasteiger partial charge in [-0.05, 0) is 28.9 Å². The van der Waals surface area contributed by atoms with E-state index < -0.39 is 21.6 Å². The van der Waals surface area contributed by atoms with Gasteiger partial charge in [-0.1, -0.05) is 0 Å². The van der Waals surface area contributed by atoms with Gasteiger partial charge in [-0.3, -0.25) is 0 Å². The van der Waals surface area contributed by atoms with Crippen LogP contribution in [-0.2, 0) is 10.0 Å². The molecule has 1 nitrogen and oxygen atoms in total. The van der Waals surface area contributed by atoms with Crippen LogP contribution in [0.5, 0.6) is 0 Å². The smallest absolute Gasteiger partial charge is 0.160 e. The Morgan fingerprint density at radius 1 is 1.27 bits per heavy atom. The quantitative estimate of drug-likeness (QED) is 0.630. The zero-order valence-electron chi connectivity index (χ0n) is 5.18. The Bertz CT molecular complexity index is 303. The maximum Gasteiger partial charge on any atom is 0.160 e. The molecule has 0 bridgehead atoms. The molecule has 1 unspecified atom stereocenters. The van der Waals surface area contributed by atoms with Crippen LogP contribution >= 0.6 is 10.7 Å². The Morgan fingerprint density at radius 3 is 2.36 bits per heavy atom. The fraction of sp³-hybridized carbons (Fsp3) is 0. The van der Waals surface area contributed by atoms with E-state index >= 15 is 0 Å². The predicted molar refractivity (Wildman–Crippen MR) is 38.6 cm³/mol. The van der Waals surface area contributed by atoms with Crippen LogP contribution in [-0.4, -0.2) is 4.21 Å². The van der Waals surface area contributed by atoms with Crippen molar-refractivity contribution in [1.82, 2.24) is 0 Å². The highest BCUT2D eigenvalue weighted by atomic mass is 35.7. The van der Waals surface area contributed by atoms with Crippen molar-refractivity contribution in [1.29, 1.82) is 0 Å². The Labute approximate surface area is 68.9 Å². The number of halogens is 3. The van der Waals surface area contributed by atoms with Crippen LogP contribution in [0.2, 0.25) is 0 Å². The Balaban J connectivity index is 3.15. The molecule has 0 amide bonds. The van der Waals surface area contributed by atoms with Gasteiger partial charge in [-0.2, -0.15) is 0 Å². The molecule has 0 aromatic heterocycles. The minimum atomic E-state index is -1.78. The minimum absolute atomic E-state index is 0.0607. The molecular weight excluding hydrogens is 194 g/mol. The summed E-state index contributed by atoms with van der Waals surface area (Å²) >= 11 is 0. The average Bonchev–Trinajstić information content (AvgIpc) is 1.94. The Hall–Kier alpha value is -0.480. The summed E-state index contributed by atoms with van der Waals surface area (Å²) in [5.41, 5.74) is 0. The molecule has 0 N–H and O–H groups in total. The van der Waals surface area contributed by atoms with E-state index in [1.165, 1.54) is 6.07 Å². The van der Waals surface area contributed by atoms with Gasteiger partial charge in [0.05, 0.1) is 4.90 Å². The van der Waals surface area contributed by atoms with E-state index in [4.69, 9.17) is 10.7 Å². The standard InChI is InChI=1S/C6H3ClF2OS/c7-11(10)4-1-2-5(8)6(9)3-4/h1-3H. The first kappa shape index (κ1) is 8.62. The summed E-state index contributed by atoms with van der Waals surface area (Å²) in [6, 6.07) is 2.85. The van der Waals surface area contributed by atoms with Crippen molar-refractivity contribution >= 4 is 20.7 Å².